The van der Waals surface area contributed by atoms with Crippen molar-refractivity contribution in [3.8, 4) is 0 Å². The van der Waals surface area contributed by atoms with Gasteiger partial charge in [0, 0.05) is 17.1 Å². The molecule has 2 heterocycles. The maximum absolute atomic E-state index is 13.1. The van der Waals surface area contributed by atoms with Gasteiger partial charge in [-0.3, -0.25) is 9.59 Å². The quantitative estimate of drug-likeness (QED) is 0.523. The van der Waals surface area contributed by atoms with Crippen LogP contribution in [-0.2, 0) is 6.54 Å². The second-order valence-electron chi connectivity index (χ2n) is 6.49. The van der Waals surface area contributed by atoms with E-state index in [9.17, 15) is 9.59 Å². The molecular formula is C21H17N3O3. The number of benzene rings is 2. The average molecular weight is 359 g/mol. The summed E-state index contributed by atoms with van der Waals surface area (Å²) in [7, 11) is 0. The van der Waals surface area contributed by atoms with E-state index < -0.39 is 0 Å². The molecule has 0 amide bonds. The largest absolute Gasteiger partial charge is 0.343 e. The predicted octanol–water partition coefficient (Wildman–Crippen LogP) is 3.28. The Hall–Kier alpha value is -3.54. The van der Waals surface area contributed by atoms with Gasteiger partial charge in [-0.1, -0.05) is 29.4 Å². The maximum atomic E-state index is 13.1. The third kappa shape index (κ3) is 3.06. The number of nitrogens with zero attached hydrogens (tertiary/aromatic N) is 3. The lowest BCUT2D eigenvalue weighted by molar-refractivity contribution is 0.103. The highest BCUT2D eigenvalue weighted by Gasteiger charge is 2.18. The average Bonchev–Trinajstić information content (AvgIpc) is 3.19. The van der Waals surface area contributed by atoms with Crippen LogP contribution >= 0.6 is 0 Å². The summed E-state index contributed by atoms with van der Waals surface area (Å²) in [6, 6.07) is 12.6. The molecule has 6 nitrogen and oxygen atoms in total. The fraction of sp³-hybridized carbons (Fsp3) is 0.143. The van der Waals surface area contributed by atoms with Gasteiger partial charge >= 0.3 is 0 Å². The van der Waals surface area contributed by atoms with Crippen LogP contribution in [0.5, 0.6) is 0 Å². The van der Waals surface area contributed by atoms with Crippen LogP contribution in [0.15, 0.2) is 64.4 Å². The van der Waals surface area contributed by atoms with Crippen LogP contribution in [0.25, 0.3) is 10.9 Å². The topological polar surface area (TPSA) is 78.0 Å². The molecule has 0 radical (unpaired) electrons. The number of pyridine rings is 1. The molecule has 0 N–H and O–H groups in total. The fourth-order valence-electron chi connectivity index (χ4n) is 3.09. The Morgan fingerprint density at radius 2 is 1.93 bits per heavy atom. The number of ketones is 1. The molecule has 4 rings (SSSR count). The Balaban J connectivity index is 1.89. The molecule has 0 atom stereocenters. The zero-order valence-corrected chi connectivity index (χ0v) is 15.0. The first kappa shape index (κ1) is 16.9. The zero-order chi connectivity index (χ0) is 19.0. The third-order valence-corrected chi connectivity index (χ3v) is 4.72. The second-order valence-corrected chi connectivity index (χ2v) is 6.49. The highest BCUT2D eigenvalue weighted by Crippen LogP contribution is 2.17. The first-order chi connectivity index (χ1) is 13.0. The van der Waals surface area contributed by atoms with Crippen molar-refractivity contribution in [3.05, 3.63) is 93.4 Å². The van der Waals surface area contributed by atoms with Gasteiger partial charge in [-0.15, -0.1) is 0 Å². The minimum Gasteiger partial charge on any atom is -0.343 e. The summed E-state index contributed by atoms with van der Waals surface area (Å²) in [5, 5.41) is 4.31. The molecule has 0 bridgehead atoms. The molecule has 0 spiro atoms. The molecule has 2 aromatic heterocycles. The van der Waals surface area contributed by atoms with Crippen LogP contribution in [0.3, 0.4) is 0 Å². The van der Waals surface area contributed by atoms with Crippen molar-refractivity contribution in [2.75, 3.05) is 0 Å². The van der Waals surface area contributed by atoms with E-state index >= 15 is 0 Å². The van der Waals surface area contributed by atoms with E-state index in [0.29, 0.717) is 28.8 Å². The van der Waals surface area contributed by atoms with Gasteiger partial charge in [0.1, 0.15) is 0 Å². The van der Waals surface area contributed by atoms with Gasteiger partial charge < -0.3 is 9.09 Å². The van der Waals surface area contributed by atoms with E-state index in [1.807, 2.05) is 38.1 Å². The number of rotatable bonds is 4. The Labute approximate surface area is 155 Å². The Morgan fingerprint density at radius 1 is 1.11 bits per heavy atom. The van der Waals surface area contributed by atoms with Gasteiger partial charge in [-0.25, -0.2) is 0 Å². The monoisotopic (exact) mass is 359 g/mol. The molecule has 0 aliphatic rings. The minimum atomic E-state index is -0.296. The van der Waals surface area contributed by atoms with Crippen LogP contribution in [0, 0.1) is 13.8 Å². The van der Waals surface area contributed by atoms with Crippen molar-refractivity contribution in [2.45, 2.75) is 20.4 Å². The van der Waals surface area contributed by atoms with Crippen LogP contribution in [0.4, 0.5) is 0 Å². The summed E-state index contributed by atoms with van der Waals surface area (Å²) < 4.78 is 6.59. The first-order valence-electron chi connectivity index (χ1n) is 8.54. The van der Waals surface area contributed by atoms with Crippen molar-refractivity contribution in [1.29, 1.82) is 0 Å². The highest BCUT2D eigenvalue weighted by atomic mass is 16.5. The SMILES string of the molecule is Cc1ccc(C(=O)c2cn(Cc3ncon3)c3ccccc3c2=O)cc1C. The molecule has 0 unspecified atom stereocenters. The fourth-order valence-corrected chi connectivity index (χ4v) is 3.09. The van der Waals surface area contributed by atoms with Crippen molar-refractivity contribution in [3.63, 3.8) is 0 Å². The maximum Gasteiger partial charge on any atom is 0.213 e. The molecule has 0 saturated heterocycles. The Bertz CT molecular complexity index is 1210. The smallest absolute Gasteiger partial charge is 0.213 e. The summed E-state index contributed by atoms with van der Waals surface area (Å²) in [5.74, 6) is 0.170. The number of aromatic nitrogens is 3. The number of fused-ring (bicyclic) bond motifs is 1. The molecule has 0 aliphatic carbocycles. The molecule has 4 aromatic rings. The number of carbonyl (C=O) groups excluding carboxylic acids is 1. The summed E-state index contributed by atoms with van der Waals surface area (Å²) >= 11 is 0. The molecule has 0 fully saturated rings. The van der Waals surface area contributed by atoms with Gasteiger partial charge in [0.2, 0.25) is 11.8 Å². The van der Waals surface area contributed by atoms with E-state index in [2.05, 4.69) is 10.1 Å². The molecule has 27 heavy (non-hydrogen) atoms. The number of aryl methyl sites for hydroxylation is 2. The normalized spacial score (nSPS) is 11.0. The van der Waals surface area contributed by atoms with Gasteiger partial charge in [-0.05, 0) is 43.2 Å². The third-order valence-electron chi connectivity index (χ3n) is 4.72. The van der Waals surface area contributed by atoms with Crippen molar-refractivity contribution < 1.29 is 9.32 Å². The van der Waals surface area contributed by atoms with Crippen LogP contribution in [-0.4, -0.2) is 20.5 Å². The van der Waals surface area contributed by atoms with Crippen molar-refractivity contribution in [1.82, 2.24) is 14.7 Å². The Morgan fingerprint density at radius 3 is 2.67 bits per heavy atom. The van der Waals surface area contributed by atoms with Crippen LogP contribution in [0.2, 0.25) is 0 Å². The predicted molar refractivity (Wildman–Crippen MR) is 101 cm³/mol. The van der Waals surface area contributed by atoms with Gasteiger partial charge in [0.15, 0.2) is 11.6 Å². The minimum absolute atomic E-state index is 0.125. The lowest BCUT2D eigenvalue weighted by Gasteiger charge is -2.12. The highest BCUT2D eigenvalue weighted by molar-refractivity contribution is 6.10. The van der Waals surface area contributed by atoms with Crippen molar-refractivity contribution >= 4 is 16.7 Å². The summed E-state index contributed by atoms with van der Waals surface area (Å²) in [6.45, 7) is 4.23. The van der Waals surface area contributed by atoms with Crippen LogP contribution in [0.1, 0.15) is 32.9 Å². The van der Waals surface area contributed by atoms with Crippen LogP contribution < -0.4 is 5.43 Å². The lowest BCUT2D eigenvalue weighted by Crippen LogP contribution is -2.20. The molecule has 2 aromatic carbocycles. The molecule has 6 heteroatoms. The number of hydrogen-bond donors (Lipinski definition) is 0. The first-order valence-corrected chi connectivity index (χ1v) is 8.54. The number of para-hydroxylation sites is 1. The number of carbonyl (C=O) groups is 1. The second kappa shape index (κ2) is 6.64. The molecular weight excluding hydrogens is 342 g/mol. The lowest BCUT2D eigenvalue weighted by atomic mass is 9.99. The summed E-state index contributed by atoms with van der Waals surface area (Å²) in [6.07, 6.45) is 2.83. The van der Waals surface area contributed by atoms with E-state index in [4.69, 9.17) is 4.52 Å². The summed E-state index contributed by atoms with van der Waals surface area (Å²) in [5.41, 5.74) is 3.16. The van der Waals surface area contributed by atoms with E-state index in [1.54, 1.807) is 29.0 Å². The van der Waals surface area contributed by atoms with Gasteiger partial charge in [0.05, 0.1) is 17.6 Å². The van der Waals surface area contributed by atoms with E-state index in [-0.39, 0.29) is 16.8 Å². The molecule has 134 valence electrons. The summed E-state index contributed by atoms with van der Waals surface area (Å²) in [4.78, 5) is 30.1. The number of hydrogen-bond acceptors (Lipinski definition) is 5. The Kier molecular flexibility index (Phi) is 4.16. The van der Waals surface area contributed by atoms with Crippen molar-refractivity contribution in [2.24, 2.45) is 0 Å². The zero-order valence-electron chi connectivity index (χ0n) is 15.0. The molecule has 0 saturated carbocycles. The van der Waals surface area contributed by atoms with E-state index in [0.717, 1.165) is 11.1 Å². The standard InChI is InChI=1S/C21H17N3O3/c1-13-7-8-15(9-14(13)2)20(25)17-10-24(11-19-22-12-27-23-19)18-6-4-3-5-16(18)21(17)26/h3-10,12H,11H2,1-2H3. The molecule has 0 aliphatic heterocycles. The van der Waals surface area contributed by atoms with Gasteiger partial charge in [-0.2, -0.15) is 4.98 Å². The van der Waals surface area contributed by atoms with Gasteiger partial charge in [0.25, 0.3) is 0 Å². The van der Waals surface area contributed by atoms with E-state index in [1.165, 1.54) is 6.39 Å².